The van der Waals surface area contributed by atoms with Crippen LogP contribution in [0.4, 0.5) is 5.69 Å². The summed E-state index contributed by atoms with van der Waals surface area (Å²) in [6, 6.07) is 5.06. The van der Waals surface area contributed by atoms with Gasteiger partial charge in [-0.05, 0) is 12.1 Å². The fraction of sp³-hybridized carbons (Fsp3) is 0.143. The van der Waals surface area contributed by atoms with Crippen molar-refractivity contribution in [1.82, 2.24) is 20.2 Å². The SMILES string of the molecule is COc1cccc(NC(=O)c2[nH]nc3nc[nH]c(=O)c23)c1OC. The van der Waals surface area contributed by atoms with Crippen LogP contribution in [0.3, 0.4) is 0 Å². The Labute approximate surface area is 129 Å². The largest absolute Gasteiger partial charge is 0.493 e. The Morgan fingerprint density at radius 3 is 2.83 bits per heavy atom. The average Bonchev–Trinajstić information content (AvgIpc) is 3.00. The number of fused-ring (bicyclic) bond motifs is 1. The zero-order chi connectivity index (χ0) is 16.4. The summed E-state index contributed by atoms with van der Waals surface area (Å²) in [5.41, 5.74) is 0.127. The van der Waals surface area contributed by atoms with Crippen molar-refractivity contribution in [3.05, 3.63) is 40.6 Å². The predicted molar refractivity (Wildman–Crippen MR) is 82.0 cm³/mol. The fourth-order valence-corrected chi connectivity index (χ4v) is 2.20. The highest BCUT2D eigenvalue weighted by atomic mass is 16.5. The summed E-state index contributed by atoms with van der Waals surface area (Å²) >= 11 is 0. The van der Waals surface area contributed by atoms with Gasteiger partial charge >= 0.3 is 0 Å². The number of rotatable bonds is 4. The number of ether oxygens (including phenoxy) is 2. The van der Waals surface area contributed by atoms with Crippen LogP contribution in [-0.4, -0.2) is 40.3 Å². The first-order valence-corrected chi connectivity index (χ1v) is 6.59. The molecule has 0 bridgehead atoms. The zero-order valence-corrected chi connectivity index (χ0v) is 12.3. The smallest absolute Gasteiger partial charge is 0.274 e. The Morgan fingerprint density at radius 2 is 2.09 bits per heavy atom. The van der Waals surface area contributed by atoms with Crippen LogP contribution in [0.25, 0.3) is 11.0 Å². The second-order valence-electron chi connectivity index (χ2n) is 4.52. The molecular formula is C14H13N5O4. The number of hydrogen-bond donors (Lipinski definition) is 3. The Bertz CT molecular complexity index is 930. The van der Waals surface area contributed by atoms with Crippen LogP contribution in [0.2, 0.25) is 0 Å². The van der Waals surface area contributed by atoms with Gasteiger partial charge in [0.05, 0.1) is 26.2 Å². The van der Waals surface area contributed by atoms with Gasteiger partial charge in [0.15, 0.2) is 17.1 Å². The van der Waals surface area contributed by atoms with Crippen LogP contribution in [0.15, 0.2) is 29.3 Å². The summed E-state index contributed by atoms with van der Waals surface area (Å²) in [7, 11) is 2.96. The number of aromatic nitrogens is 4. The molecule has 0 aliphatic carbocycles. The molecule has 0 saturated carbocycles. The number of para-hydroxylation sites is 1. The van der Waals surface area contributed by atoms with Crippen molar-refractivity contribution in [1.29, 1.82) is 0 Å². The molecule has 0 aliphatic rings. The molecule has 9 nitrogen and oxygen atoms in total. The van der Waals surface area contributed by atoms with Crippen LogP contribution in [-0.2, 0) is 0 Å². The van der Waals surface area contributed by atoms with E-state index in [4.69, 9.17) is 9.47 Å². The molecule has 1 amide bonds. The van der Waals surface area contributed by atoms with Gasteiger partial charge in [-0.3, -0.25) is 14.7 Å². The van der Waals surface area contributed by atoms with E-state index in [1.54, 1.807) is 18.2 Å². The summed E-state index contributed by atoms with van der Waals surface area (Å²) in [6.45, 7) is 0. The van der Waals surface area contributed by atoms with Crippen LogP contribution in [0.5, 0.6) is 11.5 Å². The molecular weight excluding hydrogens is 302 g/mol. The van der Waals surface area contributed by atoms with E-state index in [2.05, 4.69) is 25.5 Å². The average molecular weight is 315 g/mol. The number of benzene rings is 1. The van der Waals surface area contributed by atoms with Gasteiger partial charge < -0.3 is 19.8 Å². The van der Waals surface area contributed by atoms with E-state index in [-0.39, 0.29) is 16.7 Å². The summed E-state index contributed by atoms with van der Waals surface area (Å²) < 4.78 is 10.4. The van der Waals surface area contributed by atoms with Crippen LogP contribution < -0.4 is 20.3 Å². The molecule has 0 unspecified atom stereocenters. The van der Waals surface area contributed by atoms with Crippen LogP contribution in [0.1, 0.15) is 10.5 Å². The number of methoxy groups -OCH3 is 2. The number of amides is 1. The predicted octanol–water partition coefficient (Wildman–Crippen LogP) is 0.916. The molecule has 1 aromatic carbocycles. The first-order chi connectivity index (χ1) is 11.2. The molecule has 3 rings (SSSR count). The number of anilines is 1. The Hall–Kier alpha value is -3.36. The monoisotopic (exact) mass is 315 g/mol. The van der Waals surface area contributed by atoms with E-state index < -0.39 is 11.5 Å². The third kappa shape index (κ3) is 2.48. The Balaban J connectivity index is 2.00. The van der Waals surface area contributed by atoms with E-state index >= 15 is 0 Å². The van der Waals surface area contributed by atoms with Gasteiger partial charge in [0, 0.05) is 0 Å². The Kier molecular flexibility index (Phi) is 3.67. The lowest BCUT2D eigenvalue weighted by Crippen LogP contribution is -2.17. The molecule has 2 heterocycles. The van der Waals surface area contributed by atoms with E-state index in [9.17, 15) is 9.59 Å². The van der Waals surface area contributed by atoms with Gasteiger partial charge in [-0.2, -0.15) is 5.10 Å². The number of nitrogens with one attached hydrogen (secondary N) is 3. The minimum absolute atomic E-state index is 0.0132. The highest BCUT2D eigenvalue weighted by molar-refractivity contribution is 6.10. The summed E-state index contributed by atoms with van der Waals surface area (Å²) in [6.07, 6.45) is 1.22. The van der Waals surface area contributed by atoms with Crippen molar-refractivity contribution in [3.63, 3.8) is 0 Å². The number of nitrogens with zero attached hydrogens (tertiary/aromatic N) is 2. The third-order valence-corrected chi connectivity index (χ3v) is 3.23. The molecule has 0 spiro atoms. The third-order valence-electron chi connectivity index (χ3n) is 3.23. The minimum atomic E-state index is -0.544. The summed E-state index contributed by atoms with van der Waals surface area (Å²) in [5.74, 6) is 0.302. The summed E-state index contributed by atoms with van der Waals surface area (Å²) in [4.78, 5) is 30.6. The number of H-pyrrole nitrogens is 2. The van der Waals surface area contributed by atoms with Gasteiger partial charge in [-0.25, -0.2) is 4.98 Å². The first kappa shape index (κ1) is 14.6. The van der Waals surface area contributed by atoms with Gasteiger partial charge in [-0.1, -0.05) is 6.07 Å². The molecule has 3 N–H and O–H groups in total. The van der Waals surface area contributed by atoms with Gasteiger partial charge in [0.25, 0.3) is 11.5 Å². The van der Waals surface area contributed by atoms with E-state index in [1.807, 2.05) is 0 Å². The number of carbonyl (C=O) groups excluding carboxylic acids is 1. The van der Waals surface area contributed by atoms with Crippen molar-refractivity contribution in [3.8, 4) is 11.5 Å². The van der Waals surface area contributed by atoms with Crippen molar-refractivity contribution in [2.75, 3.05) is 19.5 Å². The standard InChI is InChI=1S/C14H13N5O4/c1-22-8-5-3-4-7(11(8)23-2)17-14(21)10-9-12(19-18-10)15-6-16-13(9)20/h3-6H,1-2H3,(H,17,21)(H2,15,16,18,19,20). The van der Waals surface area contributed by atoms with Crippen molar-refractivity contribution >= 4 is 22.6 Å². The molecule has 0 atom stereocenters. The second kappa shape index (κ2) is 5.79. The number of carbonyl (C=O) groups is 1. The van der Waals surface area contributed by atoms with Crippen LogP contribution >= 0.6 is 0 Å². The normalized spacial score (nSPS) is 10.5. The van der Waals surface area contributed by atoms with Crippen molar-refractivity contribution in [2.45, 2.75) is 0 Å². The molecule has 118 valence electrons. The molecule has 23 heavy (non-hydrogen) atoms. The van der Waals surface area contributed by atoms with E-state index in [1.165, 1.54) is 20.5 Å². The molecule has 9 heteroatoms. The quantitative estimate of drug-likeness (QED) is 0.658. The Morgan fingerprint density at radius 1 is 1.26 bits per heavy atom. The zero-order valence-electron chi connectivity index (χ0n) is 12.3. The lowest BCUT2D eigenvalue weighted by atomic mass is 10.2. The lowest BCUT2D eigenvalue weighted by molar-refractivity contribution is 0.102. The maximum Gasteiger partial charge on any atom is 0.274 e. The molecule has 0 radical (unpaired) electrons. The molecule has 0 saturated heterocycles. The topological polar surface area (TPSA) is 122 Å². The first-order valence-electron chi connectivity index (χ1n) is 6.59. The molecule has 0 aliphatic heterocycles. The fourth-order valence-electron chi connectivity index (χ4n) is 2.20. The van der Waals surface area contributed by atoms with Gasteiger partial charge in [-0.15, -0.1) is 0 Å². The van der Waals surface area contributed by atoms with Crippen molar-refractivity contribution < 1.29 is 14.3 Å². The maximum absolute atomic E-state index is 12.4. The van der Waals surface area contributed by atoms with E-state index in [0.29, 0.717) is 17.2 Å². The highest BCUT2D eigenvalue weighted by Crippen LogP contribution is 2.34. The molecule has 3 aromatic rings. The van der Waals surface area contributed by atoms with E-state index in [0.717, 1.165) is 0 Å². The van der Waals surface area contributed by atoms with Gasteiger partial charge in [0.1, 0.15) is 11.1 Å². The second-order valence-corrected chi connectivity index (χ2v) is 4.52. The lowest BCUT2D eigenvalue weighted by Gasteiger charge is -2.12. The molecule has 2 aromatic heterocycles. The van der Waals surface area contributed by atoms with Crippen LogP contribution in [0, 0.1) is 0 Å². The maximum atomic E-state index is 12.4. The number of hydrogen-bond acceptors (Lipinski definition) is 6. The van der Waals surface area contributed by atoms with Gasteiger partial charge in [0.2, 0.25) is 0 Å². The summed E-state index contributed by atoms with van der Waals surface area (Å²) in [5, 5.41) is 9.12. The molecule has 0 fully saturated rings. The highest BCUT2D eigenvalue weighted by Gasteiger charge is 2.19. The minimum Gasteiger partial charge on any atom is -0.493 e. The van der Waals surface area contributed by atoms with Crippen molar-refractivity contribution in [2.24, 2.45) is 0 Å². The number of aromatic amines is 2.